The monoisotopic (exact) mass is 511 g/mol. The molecule has 8 nitrogen and oxygen atoms in total. The van der Waals surface area contributed by atoms with Gasteiger partial charge in [0, 0.05) is 18.5 Å². The standard InChI is InChI=1S/C26H30FN5O3S/c27-18-8-6-17(7-9-18)23-16-26(32-31-23)30-25-15-22(36(34,35)21-4-2-1-3-5-21)14-24(29-25)28-19-10-12-20(33)13-11-19/h1-9,14-15,19-20,23,26,31-33H,10-13,16H2,(H2,28,29,30). The first-order valence-electron chi connectivity index (χ1n) is 12.2. The molecule has 0 spiro atoms. The lowest BCUT2D eigenvalue weighted by Crippen LogP contribution is -2.36. The maximum absolute atomic E-state index is 13.4. The third-order valence-electron chi connectivity index (χ3n) is 6.71. The van der Waals surface area contributed by atoms with Gasteiger partial charge in [0.2, 0.25) is 9.84 Å². The molecule has 2 atom stereocenters. The number of nitrogens with zero attached hydrogens (tertiary/aromatic N) is 1. The van der Waals surface area contributed by atoms with E-state index in [1.54, 1.807) is 54.6 Å². The van der Waals surface area contributed by atoms with Crippen LogP contribution < -0.4 is 21.5 Å². The smallest absolute Gasteiger partial charge is 0.206 e. The zero-order valence-corrected chi connectivity index (χ0v) is 20.5. The highest BCUT2D eigenvalue weighted by atomic mass is 32.2. The molecule has 1 saturated carbocycles. The lowest BCUT2D eigenvalue weighted by atomic mass is 9.93. The summed E-state index contributed by atoms with van der Waals surface area (Å²) in [4.78, 5) is 5.02. The van der Waals surface area contributed by atoms with Crippen molar-refractivity contribution in [2.45, 2.75) is 66.2 Å². The van der Waals surface area contributed by atoms with Crippen LogP contribution in [0.3, 0.4) is 0 Å². The number of pyridine rings is 1. The Hall–Kier alpha value is -3.05. The Labute approximate surface area is 210 Å². The maximum atomic E-state index is 13.4. The number of rotatable bonds is 7. The van der Waals surface area contributed by atoms with E-state index in [1.807, 2.05) is 0 Å². The summed E-state index contributed by atoms with van der Waals surface area (Å²) >= 11 is 0. The van der Waals surface area contributed by atoms with E-state index < -0.39 is 9.84 Å². The lowest BCUT2D eigenvalue weighted by molar-refractivity contribution is 0.126. The van der Waals surface area contributed by atoms with Crippen LogP contribution in [-0.4, -0.2) is 36.8 Å². The van der Waals surface area contributed by atoms with Gasteiger partial charge in [0.15, 0.2) is 0 Å². The van der Waals surface area contributed by atoms with Crippen molar-refractivity contribution in [2.24, 2.45) is 0 Å². The van der Waals surface area contributed by atoms with Crippen molar-refractivity contribution in [3.05, 3.63) is 78.1 Å². The van der Waals surface area contributed by atoms with Gasteiger partial charge in [-0.05, 0) is 67.6 Å². The van der Waals surface area contributed by atoms with E-state index in [2.05, 4.69) is 26.5 Å². The Morgan fingerprint density at radius 2 is 1.53 bits per heavy atom. The molecule has 2 aliphatic rings. The number of aromatic nitrogens is 1. The second-order valence-electron chi connectivity index (χ2n) is 9.37. The summed E-state index contributed by atoms with van der Waals surface area (Å²) in [7, 11) is -3.76. The summed E-state index contributed by atoms with van der Waals surface area (Å²) in [5, 5.41) is 16.5. The quantitative estimate of drug-likeness (QED) is 0.326. The topological polar surface area (TPSA) is 115 Å². The van der Waals surface area contributed by atoms with Gasteiger partial charge in [-0.2, -0.15) is 0 Å². The molecule has 0 radical (unpaired) electrons. The molecule has 5 rings (SSSR count). The minimum atomic E-state index is -3.76. The summed E-state index contributed by atoms with van der Waals surface area (Å²) in [6.45, 7) is 0. The van der Waals surface area contributed by atoms with Gasteiger partial charge in [0.25, 0.3) is 0 Å². The first-order valence-corrected chi connectivity index (χ1v) is 13.6. The predicted molar refractivity (Wildman–Crippen MR) is 135 cm³/mol. The minimum Gasteiger partial charge on any atom is -0.393 e. The molecule has 5 N–H and O–H groups in total. The molecule has 3 aromatic rings. The van der Waals surface area contributed by atoms with E-state index in [4.69, 9.17) is 0 Å². The molecular weight excluding hydrogens is 481 g/mol. The molecule has 0 amide bonds. The normalized spacial score (nSPS) is 24.4. The van der Waals surface area contributed by atoms with Crippen LogP contribution in [0.4, 0.5) is 16.0 Å². The zero-order chi connectivity index (χ0) is 25.1. The van der Waals surface area contributed by atoms with E-state index in [0.29, 0.717) is 30.9 Å². The number of aliphatic hydroxyl groups excluding tert-OH is 1. The van der Waals surface area contributed by atoms with Crippen LogP contribution in [0.15, 0.2) is 76.5 Å². The Kier molecular flexibility index (Phi) is 7.20. The van der Waals surface area contributed by atoms with Gasteiger partial charge in [-0.25, -0.2) is 28.6 Å². The third kappa shape index (κ3) is 5.67. The summed E-state index contributed by atoms with van der Waals surface area (Å²) in [5.74, 6) is 0.605. The maximum Gasteiger partial charge on any atom is 0.206 e. The van der Waals surface area contributed by atoms with E-state index >= 15 is 0 Å². The van der Waals surface area contributed by atoms with Crippen LogP contribution in [0, 0.1) is 5.82 Å². The van der Waals surface area contributed by atoms with Crippen LogP contribution in [-0.2, 0) is 9.84 Å². The van der Waals surface area contributed by atoms with Crippen molar-refractivity contribution in [1.29, 1.82) is 0 Å². The average Bonchev–Trinajstić information content (AvgIpc) is 3.34. The van der Waals surface area contributed by atoms with Crippen LogP contribution in [0.5, 0.6) is 0 Å². The van der Waals surface area contributed by atoms with Crippen molar-refractivity contribution in [1.82, 2.24) is 15.8 Å². The second kappa shape index (κ2) is 10.5. The number of anilines is 2. The molecule has 2 unspecified atom stereocenters. The number of hydrazine groups is 1. The van der Waals surface area contributed by atoms with E-state index in [1.165, 1.54) is 12.1 Å². The number of hydrogen-bond acceptors (Lipinski definition) is 8. The van der Waals surface area contributed by atoms with Crippen LogP contribution >= 0.6 is 0 Å². The Balaban J connectivity index is 1.39. The van der Waals surface area contributed by atoms with Gasteiger partial charge >= 0.3 is 0 Å². The highest BCUT2D eigenvalue weighted by Gasteiger charge is 2.27. The molecule has 2 heterocycles. The fourth-order valence-corrected chi connectivity index (χ4v) is 6.04. The number of hydrogen-bond donors (Lipinski definition) is 5. The van der Waals surface area contributed by atoms with Gasteiger partial charge in [0.1, 0.15) is 17.5 Å². The fraction of sp³-hybridized carbons (Fsp3) is 0.346. The van der Waals surface area contributed by atoms with Gasteiger partial charge in [0.05, 0.1) is 22.1 Å². The molecule has 1 aromatic heterocycles. The number of halogens is 1. The van der Waals surface area contributed by atoms with Crippen molar-refractivity contribution in [3.8, 4) is 0 Å². The summed E-state index contributed by atoms with van der Waals surface area (Å²) < 4.78 is 40.1. The highest BCUT2D eigenvalue weighted by Crippen LogP contribution is 2.29. The molecule has 36 heavy (non-hydrogen) atoms. The number of sulfone groups is 1. The van der Waals surface area contributed by atoms with Crippen molar-refractivity contribution < 1.29 is 17.9 Å². The van der Waals surface area contributed by atoms with Crippen molar-refractivity contribution in [2.75, 3.05) is 10.6 Å². The summed E-state index contributed by atoms with van der Waals surface area (Å²) in [6, 6.07) is 17.9. The molecule has 1 saturated heterocycles. The number of aliphatic hydroxyl groups is 1. The third-order valence-corrected chi connectivity index (χ3v) is 8.46. The molecular formula is C26H30FN5O3S. The largest absolute Gasteiger partial charge is 0.393 e. The highest BCUT2D eigenvalue weighted by molar-refractivity contribution is 7.91. The number of nitrogens with one attached hydrogen (secondary N) is 4. The van der Waals surface area contributed by atoms with Gasteiger partial charge in [-0.3, -0.25) is 0 Å². The Morgan fingerprint density at radius 3 is 2.22 bits per heavy atom. The van der Waals surface area contributed by atoms with Gasteiger partial charge < -0.3 is 15.7 Å². The first kappa shape index (κ1) is 24.6. The fourth-order valence-electron chi connectivity index (χ4n) is 4.72. The predicted octanol–water partition coefficient (Wildman–Crippen LogP) is 3.75. The minimum absolute atomic E-state index is 0.0365. The number of benzene rings is 2. The molecule has 10 heteroatoms. The first-order chi connectivity index (χ1) is 17.4. The molecule has 2 fully saturated rings. The molecule has 1 aliphatic heterocycles. The molecule has 0 bridgehead atoms. The molecule has 1 aliphatic carbocycles. The van der Waals surface area contributed by atoms with Gasteiger partial charge in [-0.15, -0.1) is 0 Å². The van der Waals surface area contributed by atoms with Crippen LogP contribution in [0.1, 0.15) is 43.7 Å². The van der Waals surface area contributed by atoms with E-state index in [9.17, 15) is 17.9 Å². The second-order valence-corrected chi connectivity index (χ2v) is 11.3. The summed E-state index contributed by atoms with van der Waals surface area (Å²) in [5.41, 5.74) is 7.32. The molecule has 2 aromatic carbocycles. The lowest BCUT2D eigenvalue weighted by Gasteiger charge is -2.27. The van der Waals surface area contributed by atoms with E-state index in [-0.39, 0.29) is 40.0 Å². The van der Waals surface area contributed by atoms with Crippen molar-refractivity contribution >= 4 is 21.5 Å². The van der Waals surface area contributed by atoms with Crippen LogP contribution in [0.25, 0.3) is 0 Å². The Morgan fingerprint density at radius 1 is 0.861 bits per heavy atom. The Bertz CT molecular complexity index is 1280. The van der Waals surface area contributed by atoms with Gasteiger partial charge in [-0.1, -0.05) is 30.3 Å². The SMILES string of the molecule is O=S(=O)(c1ccccc1)c1cc(NC2CCC(O)CC2)nc(NC2CC(c3ccc(F)cc3)NN2)c1. The van der Waals surface area contributed by atoms with Crippen molar-refractivity contribution in [3.63, 3.8) is 0 Å². The zero-order valence-electron chi connectivity index (χ0n) is 19.7. The van der Waals surface area contributed by atoms with Crippen LogP contribution in [0.2, 0.25) is 0 Å². The average molecular weight is 512 g/mol. The van der Waals surface area contributed by atoms with E-state index in [0.717, 1.165) is 18.4 Å². The molecule has 190 valence electrons. The summed E-state index contributed by atoms with van der Waals surface area (Å²) in [6.07, 6.45) is 3.11.